The van der Waals surface area contributed by atoms with Crippen molar-refractivity contribution in [2.45, 2.75) is 194 Å². The summed E-state index contributed by atoms with van der Waals surface area (Å²) in [7, 11) is 0. The number of quaternary nitrogens is 1. The number of hydrogen-bond donors (Lipinski definition) is 0. The minimum absolute atomic E-state index is 1.25. The third-order valence-corrected chi connectivity index (χ3v) is 9.32. The standard InChI is InChI=1S/C39H74N/c1-4-7-10-13-16-18-20-22-25-31-36-40(35-30-24-15-12-9-6-3,38-39-33-28-27-29-34-39)37-32-26-23-21-19-17-14-11-8-5-2/h27-29,33-34H,4-26,30-32,35-38H2,1-3H3/q+1. The molecule has 0 radical (unpaired) electrons. The molecule has 0 fully saturated rings. The topological polar surface area (TPSA) is 0 Å². The summed E-state index contributed by atoms with van der Waals surface area (Å²) in [6, 6.07) is 11.5. The molecule has 0 saturated heterocycles. The number of unbranched alkanes of at least 4 members (excludes halogenated alkanes) is 23. The predicted molar refractivity (Wildman–Crippen MR) is 182 cm³/mol. The van der Waals surface area contributed by atoms with E-state index in [1.165, 1.54) is 198 Å². The van der Waals surface area contributed by atoms with Gasteiger partial charge in [0.25, 0.3) is 0 Å². The van der Waals surface area contributed by atoms with E-state index < -0.39 is 0 Å². The van der Waals surface area contributed by atoms with Gasteiger partial charge < -0.3 is 4.48 Å². The molecule has 0 heterocycles. The van der Waals surface area contributed by atoms with Crippen LogP contribution in [0.5, 0.6) is 0 Å². The summed E-state index contributed by atoms with van der Waals surface area (Å²) in [5.74, 6) is 0. The van der Waals surface area contributed by atoms with E-state index in [0.717, 1.165) is 0 Å². The molecule has 0 N–H and O–H groups in total. The van der Waals surface area contributed by atoms with E-state index in [2.05, 4.69) is 51.1 Å². The first-order chi connectivity index (χ1) is 19.8. The average Bonchev–Trinajstić information content (AvgIpc) is 2.97. The van der Waals surface area contributed by atoms with E-state index in [1.807, 2.05) is 0 Å². The molecule has 0 aliphatic rings. The fourth-order valence-corrected chi connectivity index (χ4v) is 6.64. The Morgan fingerprint density at radius 2 is 0.625 bits per heavy atom. The Morgan fingerprint density at radius 3 is 0.925 bits per heavy atom. The summed E-state index contributed by atoms with van der Waals surface area (Å²) in [6.07, 6.45) is 37.3. The van der Waals surface area contributed by atoms with Crippen molar-refractivity contribution in [3.05, 3.63) is 35.9 Å². The monoisotopic (exact) mass is 557 g/mol. The molecule has 1 aromatic carbocycles. The van der Waals surface area contributed by atoms with Gasteiger partial charge in [0.15, 0.2) is 0 Å². The van der Waals surface area contributed by atoms with Crippen LogP contribution in [0.15, 0.2) is 30.3 Å². The Bertz CT molecular complexity index is 584. The van der Waals surface area contributed by atoms with Crippen LogP contribution in [0, 0.1) is 0 Å². The molecule has 0 saturated carbocycles. The van der Waals surface area contributed by atoms with Crippen LogP contribution in [0.3, 0.4) is 0 Å². The van der Waals surface area contributed by atoms with E-state index in [0.29, 0.717) is 0 Å². The molecule has 0 aliphatic carbocycles. The first-order valence-corrected chi connectivity index (χ1v) is 18.7. The summed E-state index contributed by atoms with van der Waals surface area (Å²) >= 11 is 0. The number of rotatable bonds is 31. The van der Waals surface area contributed by atoms with Gasteiger partial charge in [0, 0.05) is 5.56 Å². The van der Waals surface area contributed by atoms with Crippen molar-refractivity contribution < 1.29 is 4.48 Å². The van der Waals surface area contributed by atoms with Gasteiger partial charge in [0.1, 0.15) is 6.54 Å². The lowest BCUT2D eigenvalue weighted by atomic mass is 10.0. The molecule has 1 heteroatoms. The second-order valence-corrected chi connectivity index (χ2v) is 13.3. The third kappa shape index (κ3) is 21.9. The van der Waals surface area contributed by atoms with Crippen LogP contribution in [0.25, 0.3) is 0 Å². The highest BCUT2D eigenvalue weighted by Crippen LogP contribution is 2.23. The minimum atomic E-state index is 1.25. The lowest BCUT2D eigenvalue weighted by Crippen LogP contribution is -2.49. The highest BCUT2D eigenvalue weighted by atomic mass is 15.3. The molecule has 1 rings (SSSR count). The van der Waals surface area contributed by atoms with Crippen molar-refractivity contribution in [3.8, 4) is 0 Å². The maximum absolute atomic E-state index is 2.39. The van der Waals surface area contributed by atoms with Gasteiger partial charge in [-0.25, -0.2) is 0 Å². The van der Waals surface area contributed by atoms with Gasteiger partial charge in [-0.05, 0) is 38.5 Å². The van der Waals surface area contributed by atoms with Crippen LogP contribution in [0.2, 0.25) is 0 Å². The van der Waals surface area contributed by atoms with Crippen molar-refractivity contribution in [2.75, 3.05) is 19.6 Å². The molecule has 0 aromatic heterocycles. The van der Waals surface area contributed by atoms with Crippen LogP contribution < -0.4 is 0 Å². The predicted octanol–water partition coefficient (Wildman–Crippen LogP) is 13.2. The molecule has 0 amide bonds. The lowest BCUT2D eigenvalue weighted by molar-refractivity contribution is -0.941. The second kappa shape index (κ2) is 28.3. The van der Waals surface area contributed by atoms with E-state index >= 15 is 0 Å². The van der Waals surface area contributed by atoms with Gasteiger partial charge in [-0.15, -0.1) is 0 Å². The number of nitrogens with zero attached hydrogens (tertiary/aromatic N) is 1. The van der Waals surface area contributed by atoms with E-state index in [4.69, 9.17) is 0 Å². The van der Waals surface area contributed by atoms with Crippen molar-refractivity contribution in [1.29, 1.82) is 0 Å². The molecule has 40 heavy (non-hydrogen) atoms. The average molecular weight is 557 g/mol. The zero-order valence-corrected chi connectivity index (χ0v) is 28.0. The van der Waals surface area contributed by atoms with Crippen molar-refractivity contribution >= 4 is 0 Å². The maximum Gasteiger partial charge on any atom is 0.104 e. The molecule has 1 aromatic rings. The highest BCUT2D eigenvalue weighted by molar-refractivity contribution is 5.13. The highest BCUT2D eigenvalue weighted by Gasteiger charge is 2.26. The largest absolute Gasteiger partial charge is 0.320 e. The van der Waals surface area contributed by atoms with Gasteiger partial charge in [0.05, 0.1) is 19.6 Å². The van der Waals surface area contributed by atoms with Crippen LogP contribution >= 0.6 is 0 Å². The Labute approximate surface area is 253 Å². The Balaban J connectivity index is 2.57. The molecular weight excluding hydrogens is 482 g/mol. The lowest BCUT2D eigenvalue weighted by Gasteiger charge is -2.39. The molecule has 1 nitrogen and oxygen atoms in total. The molecule has 0 unspecified atom stereocenters. The second-order valence-electron chi connectivity index (χ2n) is 13.3. The van der Waals surface area contributed by atoms with Gasteiger partial charge >= 0.3 is 0 Å². The van der Waals surface area contributed by atoms with E-state index in [9.17, 15) is 0 Å². The number of hydrogen-bond acceptors (Lipinski definition) is 0. The van der Waals surface area contributed by atoms with Crippen LogP contribution in [0.1, 0.15) is 193 Å². The Morgan fingerprint density at radius 1 is 0.350 bits per heavy atom. The molecule has 234 valence electrons. The fraction of sp³-hybridized carbons (Fsp3) is 0.846. The first-order valence-electron chi connectivity index (χ1n) is 18.7. The molecule has 0 spiro atoms. The zero-order valence-electron chi connectivity index (χ0n) is 28.0. The van der Waals surface area contributed by atoms with Crippen LogP contribution in [-0.4, -0.2) is 24.1 Å². The summed E-state index contributed by atoms with van der Waals surface area (Å²) in [5.41, 5.74) is 1.56. The van der Waals surface area contributed by atoms with Crippen LogP contribution in [-0.2, 0) is 6.54 Å². The Kier molecular flexibility index (Phi) is 26.3. The zero-order chi connectivity index (χ0) is 28.8. The van der Waals surface area contributed by atoms with Gasteiger partial charge in [-0.3, -0.25) is 0 Å². The molecule has 0 atom stereocenters. The fourth-order valence-electron chi connectivity index (χ4n) is 6.64. The quantitative estimate of drug-likeness (QED) is 0.0630. The summed E-state index contributed by atoms with van der Waals surface area (Å²) in [5, 5.41) is 0. The normalized spacial score (nSPS) is 11.9. The van der Waals surface area contributed by atoms with Gasteiger partial charge in [0.2, 0.25) is 0 Å². The summed E-state index contributed by atoms with van der Waals surface area (Å²) < 4.78 is 1.35. The first kappa shape index (κ1) is 37.2. The third-order valence-electron chi connectivity index (χ3n) is 9.32. The minimum Gasteiger partial charge on any atom is -0.320 e. The van der Waals surface area contributed by atoms with Gasteiger partial charge in [-0.2, -0.15) is 0 Å². The number of benzene rings is 1. The summed E-state index contributed by atoms with van der Waals surface area (Å²) in [4.78, 5) is 0. The Hall–Kier alpha value is -0.820. The summed E-state index contributed by atoms with van der Waals surface area (Å²) in [6.45, 7) is 12.4. The van der Waals surface area contributed by atoms with E-state index in [1.54, 1.807) is 5.56 Å². The van der Waals surface area contributed by atoms with Crippen molar-refractivity contribution in [2.24, 2.45) is 0 Å². The molecule has 0 aliphatic heterocycles. The van der Waals surface area contributed by atoms with Gasteiger partial charge in [-0.1, -0.05) is 180 Å². The van der Waals surface area contributed by atoms with Crippen molar-refractivity contribution in [1.82, 2.24) is 0 Å². The van der Waals surface area contributed by atoms with E-state index in [-0.39, 0.29) is 0 Å². The molecule has 0 bridgehead atoms. The van der Waals surface area contributed by atoms with Crippen molar-refractivity contribution in [3.63, 3.8) is 0 Å². The maximum atomic E-state index is 2.39. The molecular formula is C39H74N+. The smallest absolute Gasteiger partial charge is 0.104 e. The SMILES string of the molecule is CCCCCCCCCCCC[N+](CCCCCCCC)(CCCCCCCCCCCC)Cc1ccccc1. The van der Waals surface area contributed by atoms with Crippen LogP contribution in [0.4, 0.5) is 0 Å².